The lowest BCUT2D eigenvalue weighted by Gasteiger charge is -1.89. The van der Waals surface area contributed by atoms with Crippen molar-refractivity contribution in [1.29, 1.82) is 0 Å². The van der Waals surface area contributed by atoms with Crippen molar-refractivity contribution in [2.75, 3.05) is 6.54 Å². The molecule has 0 bridgehead atoms. The number of aromatic nitrogens is 1. The number of ketones is 1. The summed E-state index contributed by atoms with van der Waals surface area (Å²) in [6.07, 6.45) is 7.31. The van der Waals surface area contributed by atoms with Gasteiger partial charge in [0.2, 0.25) is 0 Å². The highest BCUT2D eigenvalue weighted by Gasteiger charge is 2.05. The molecule has 0 saturated heterocycles. The number of nitrogens with one attached hydrogen (secondary N) is 1. The molecule has 3 nitrogen and oxygen atoms in total. The highest BCUT2D eigenvalue weighted by Crippen LogP contribution is 1.86. The van der Waals surface area contributed by atoms with Gasteiger partial charge in [-0.3, -0.25) is 4.79 Å². The van der Waals surface area contributed by atoms with Crippen LogP contribution in [0.4, 0.5) is 0 Å². The summed E-state index contributed by atoms with van der Waals surface area (Å²) in [6.45, 7) is 5.77. The van der Waals surface area contributed by atoms with Crippen LogP contribution in [0.15, 0.2) is 18.3 Å². The van der Waals surface area contributed by atoms with E-state index < -0.39 is 0 Å². The minimum Gasteiger partial charge on any atom is -0.360 e. The monoisotopic (exact) mass is 190 g/mol. The third kappa shape index (κ3) is 2.00. The lowest BCUT2D eigenvalue weighted by molar-refractivity contribution is 0.100. The predicted molar refractivity (Wildman–Crippen MR) is 58.2 cm³/mol. The average Bonchev–Trinajstić information content (AvgIpc) is 2.56. The quantitative estimate of drug-likeness (QED) is 0.655. The maximum absolute atomic E-state index is 11.3. The van der Waals surface area contributed by atoms with Crippen molar-refractivity contribution in [3.05, 3.63) is 34.5 Å². The van der Waals surface area contributed by atoms with Gasteiger partial charge >= 0.3 is 0 Å². The number of hydrogen-bond donors (Lipinski definition) is 2. The Kier molecular flexibility index (Phi) is 3.42. The molecule has 0 radical (unpaired) electrons. The number of nitrogens with two attached hydrogens (primary N) is 1. The Morgan fingerprint density at radius 1 is 1.71 bits per heavy atom. The zero-order chi connectivity index (χ0) is 10.6. The van der Waals surface area contributed by atoms with Gasteiger partial charge in [0.1, 0.15) is 0 Å². The van der Waals surface area contributed by atoms with Crippen LogP contribution in [0, 0.1) is 0 Å². The van der Waals surface area contributed by atoms with E-state index in [1.54, 1.807) is 6.20 Å². The molecule has 0 atom stereocenters. The van der Waals surface area contributed by atoms with Crippen molar-refractivity contribution < 1.29 is 4.79 Å². The molecule has 1 heterocycles. The largest absolute Gasteiger partial charge is 0.360 e. The van der Waals surface area contributed by atoms with Crippen LogP contribution in [0.2, 0.25) is 0 Å². The second-order valence-electron chi connectivity index (χ2n) is 2.91. The fraction of sp³-hybridized carbons (Fsp3) is 0.182. The molecule has 3 N–H and O–H groups in total. The Morgan fingerprint density at radius 2 is 2.43 bits per heavy atom. The molecule has 0 aliphatic heterocycles. The highest BCUT2D eigenvalue weighted by atomic mass is 16.1. The maximum atomic E-state index is 11.3. The van der Waals surface area contributed by atoms with Crippen LogP contribution < -0.4 is 16.3 Å². The number of H-pyrrole nitrogens is 1. The molecule has 0 amide bonds. The van der Waals surface area contributed by atoms with E-state index in [9.17, 15) is 4.79 Å². The summed E-state index contributed by atoms with van der Waals surface area (Å²) < 4.78 is 0. The average molecular weight is 190 g/mol. The molecule has 0 saturated carbocycles. The van der Waals surface area contributed by atoms with Crippen LogP contribution in [0.5, 0.6) is 0 Å². The standard InChI is InChI=1S/C11H14N2O/c1-3-4-5-10-8(2)9(7-13-10)11(14)6-12/h3-5,7,13H,2,6,12H2,1H3/b4-3-,10-5+. The molecular weight excluding hydrogens is 176 g/mol. The van der Waals surface area contributed by atoms with Crippen molar-refractivity contribution in [2.45, 2.75) is 6.92 Å². The van der Waals surface area contributed by atoms with E-state index in [0.29, 0.717) is 10.8 Å². The molecule has 1 aromatic heterocycles. The summed E-state index contributed by atoms with van der Waals surface area (Å²) in [7, 11) is 0. The number of aromatic amines is 1. The molecule has 0 fully saturated rings. The van der Waals surface area contributed by atoms with Gasteiger partial charge in [-0.15, -0.1) is 0 Å². The molecule has 3 heteroatoms. The van der Waals surface area contributed by atoms with Crippen molar-refractivity contribution in [3.63, 3.8) is 0 Å². The Balaban J connectivity index is 3.22. The normalized spacial score (nSPS) is 12.6. The van der Waals surface area contributed by atoms with Gasteiger partial charge in [-0.2, -0.15) is 0 Å². The van der Waals surface area contributed by atoms with Gasteiger partial charge in [-0.25, -0.2) is 0 Å². The van der Waals surface area contributed by atoms with Gasteiger partial charge in [0, 0.05) is 22.3 Å². The Morgan fingerprint density at radius 3 is 3.00 bits per heavy atom. The van der Waals surface area contributed by atoms with Crippen molar-refractivity contribution in [3.8, 4) is 0 Å². The zero-order valence-corrected chi connectivity index (χ0v) is 8.21. The second-order valence-corrected chi connectivity index (χ2v) is 2.91. The van der Waals surface area contributed by atoms with Gasteiger partial charge in [0.15, 0.2) is 5.78 Å². The first-order valence-corrected chi connectivity index (χ1v) is 4.43. The molecule has 14 heavy (non-hydrogen) atoms. The summed E-state index contributed by atoms with van der Waals surface area (Å²) in [6, 6.07) is 0. The van der Waals surface area contributed by atoms with E-state index in [1.807, 2.05) is 25.2 Å². The van der Waals surface area contributed by atoms with Crippen molar-refractivity contribution in [1.82, 2.24) is 4.98 Å². The van der Waals surface area contributed by atoms with E-state index >= 15 is 0 Å². The topological polar surface area (TPSA) is 58.9 Å². The number of allylic oxidation sites excluding steroid dienone is 2. The first-order chi connectivity index (χ1) is 6.70. The molecule has 74 valence electrons. The zero-order valence-electron chi connectivity index (χ0n) is 8.21. The third-order valence-corrected chi connectivity index (χ3v) is 1.96. The second kappa shape index (κ2) is 4.58. The summed E-state index contributed by atoms with van der Waals surface area (Å²) in [5.74, 6) is -0.0913. The lowest BCUT2D eigenvalue weighted by Crippen LogP contribution is -2.27. The van der Waals surface area contributed by atoms with Crippen LogP contribution in [0.1, 0.15) is 17.3 Å². The molecule has 1 aromatic rings. The van der Waals surface area contributed by atoms with Crippen LogP contribution in [0.25, 0.3) is 12.7 Å². The molecule has 0 aromatic carbocycles. The highest BCUT2D eigenvalue weighted by molar-refractivity contribution is 5.97. The smallest absolute Gasteiger partial charge is 0.178 e. The Labute approximate surface area is 82.6 Å². The van der Waals surface area contributed by atoms with Gasteiger partial charge in [-0.1, -0.05) is 18.7 Å². The minimum absolute atomic E-state index is 0.0173. The van der Waals surface area contributed by atoms with Gasteiger partial charge in [0.25, 0.3) is 0 Å². The minimum atomic E-state index is -0.0913. The lowest BCUT2D eigenvalue weighted by atomic mass is 10.2. The van der Waals surface area contributed by atoms with E-state index in [0.717, 1.165) is 5.35 Å². The van der Waals surface area contributed by atoms with Crippen LogP contribution in [0.3, 0.4) is 0 Å². The number of hydrogen-bond acceptors (Lipinski definition) is 2. The molecule has 0 unspecified atom stereocenters. The summed E-state index contributed by atoms with van der Waals surface area (Å²) in [5.41, 5.74) is 5.84. The Bertz CT molecular complexity index is 454. The number of carbonyl (C=O) groups excluding carboxylic acids is 1. The fourth-order valence-corrected chi connectivity index (χ4v) is 1.17. The third-order valence-electron chi connectivity index (χ3n) is 1.96. The van der Waals surface area contributed by atoms with Crippen molar-refractivity contribution >= 4 is 18.4 Å². The van der Waals surface area contributed by atoms with Crippen LogP contribution in [-0.4, -0.2) is 17.3 Å². The van der Waals surface area contributed by atoms with E-state index in [-0.39, 0.29) is 12.3 Å². The van der Waals surface area contributed by atoms with Crippen LogP contribution in [-0.2, 0) is 0 Å². The summed E-state index contributed by atoms with van der Waals surface area (Å²) in [4.78, 5) is 14.3. The number of Topliss-reactive ketones (excluding diaryl/α,β-unsaturated/α-hetero) is 1. The summed E-state index contributed by atoms with van der Waals surface area (Å²) in [5, 5.41) is 1.55. The maximum Gasteiger partial charge on any atom is 0.178 e. The molecule has 0 aliphatic rings. The number of rotatable bonds is 3. The van der Waals surface area contributed by atoms with Crippen molar-refractivity contribution in [2.24, 2.45) is 5.73 Å². The SMILES string of the molecule is C=c1c(C(=O)CN)c[nH]/c1=C/C=C\C. The van der Waals surface area contributed by atoms with Crippen LogP contribution >= 0.6 is 0 Å². The first kappa shape index (κ1) is 10.5. The molecule has 1 rings (SSSR count). The molecule has 0 aliphatic carbocycles. The Hall–Kier alpha value is -1.61. The first-order valence-electron chi connectivity index (χ1n) is 4.43. The van der Waals surface area contributed by atoms with E-state index in [1.165, 1.54) is 0 Å². The van der Waals surface area contributed by atoms with E-state index in [4.69, 9.17) is 5.73 Å². The summed E-state index contributed by atoms with van der Waals surface area (Å²) >= 11 is 0. The van der Waals surface area contributed by atoms with Gasteiger partial charge in [-0.05, 0) is 13.0 Å². The van der Waals surface area contributed by atoms with Gasteiger partial charge in [0.05, 0.1) is 6.54 Å². The van der Waals surface area contributed by atoms with E-state index in [2.05, 4.69) is 11.6 Å². The molecule has 0 spiro atoms. The fourth-order valence-electron chi connectivity index (χ4n) is 1.17. The molecular formula is C11H14N2O. The predicted octanol–water partition coefficient (Wildman–Crippen LogP) is -0.0770. The number of carbonyl (C=O) groups is 1. The van der Waals surface area contributed by atoms with Gasteiger partial charge < -0.3 is 10.7 Å².